The van der Waals surface area contributed by atoms with E-state index >= 15 is 0 Å². The predicted octanol–water partition coefficient (Wildman–Crippen LogP) is 1.06. The first-order valence-corrected chi connectivity index (χ1v) is 10.0. The van der Waals surface area contributed by atoms with Gasteiger partial charge in [-0.05, 0) is 24.2 Å². The summed E-state index contributed by atoms with van der Waals surface area (Å²) in [6, 6.07) is 11.6. The van der Waals surface area contributed by atoms with E-state index in [2.05, 4.69) is 43.1 Å². The quantitative estimate of drug-likeness (QED) is 0.736. The molecule has 0 aliphatic heterocycles. The van der Waals surface area contributed by atoms with E-state index in [1.54, 1.807) is 0 Å². The third-order valence-corrected chi connectivity index (χ3v) is 9.03. The summed E-state index contributed by atoms with van der Waals surface area (Å²) in [5, 5.41) is 1.33. The minimum Gasteiger partial charge on any atom is -0.455 e. The zero-order chi connectivity index (χ0) is 11.9. The molecule has 0 saturated heterocycles. The molecule has 88 valence electrons. The number of hydrogen-bond donors (Lipinski definition) is 1. The Bertz CT molecular complexity index is 318. The molecule has 4 heteroatoms. The smallest absolute Gasteiger partial charge is 0.236 e. The van der Waals surface area contributed by atoms with E-state index in [9.17, 15) is 0 Å². The molecular formula is C12H21NOSi2. The highest BCUT2D eigenvalue weighted by Crippen LogP contribution is 2.15. The van der Waals surface area contributed by atoms with Crippen LogP contribution in [-0.2, 0) is 4.12 Å². The van der Waals surface area contributed by atoms with Crippen molar-refractivity contribution in [1.82, 2.24) is 0 Å². The fraction of sp³-hybridized carbons (Fsp3) is 0.333. The molecule has 1 aromatic rings. The van der Waals surface area contributed by atoms with Gasteiger partial charge in [0.05, 0.1) is 0 Å². The van der Waals surface area contributed by atoms with Crippen molar-refractivity contribution in [2.75, 3.05) is 6.54 Å². The molecule has 0 aliphatic carbocycles. The fourth-order valence-electron chi connectivity index (χ4n) is 1.92. The van der Waals surface area contributed by atoms with Gasteiger partial charge in [0.25, 0.3) is 0 Å². The van der Waals surface area contributed by atoms with E-state index in [4.69, 9.17) is 9.85 Å². The van der Waals surface area contributed by atoms with E-state index in [-0.39, 0.29) is 0 Å². The van der Waals surface area contributed by atoms with Gasteiger partial charge in [0.1, 0.15) is 9.76 Å². The van der Waals surface area contributed by atoms with Crippen molar-refractivity contribution in [3.05, 3.63) is 42.6 Å². The van der Waals surface area contributed by atoms with Gasteiger partial charge in [-0.2, -0.15) is 0 Å². The molecule has 0 heterocycles. The lowest BCUT2D eigenvalue weighted by Gasteiger charge is -2.28. The average molecular weight is 251 g/mol. The fourth-order valence-corrected chi connectivity index (χ4v) is 7.91. The molecule has 0 fully saturated rings. The molecular weight excluding hydrogens is 230 g/mol. The third-order valence-electron chi connectivity index (χ3n) is 2.75. The van der Waals surface area contributed by atoms with Crippen molar-refractivity contribution in [1.29, 1.82) is 0 Å². The molecule has 2 N–H and O–H groups in total. The van der Waals surface area contributed by atoms with Crippen LogP contribution < -0.4 is 10.9 Å². The van der Waals surface area contributed by atoms with Crippen LogP contribution in [0.5, 0.6) is 0 Å². The summed E-state index contributed by atoms with van der Waals surface area (Å²) in [5.74, 6) is 0. The molecule has 1 unspecified atom stereocenters. The summed E-state index contributed by atoms with van der Waals surface area (Å²) in [6.45, 7) is 6.90. The predicted molar refractivity (Wildman–Crippen MR) is 76.0 cm³/mol. The van der Waals surface area contributed by atoms with Crippen molar-refractivity contribution < 1.29 is 4.12 Å². The molecule has 0 aromatic heterocycles. The molecule has 0 spiro atoms. The second-order valence-corrected chi connectivity index (χ2v) is 8.78. The van der Waals surface area contributed by atoms with Crippen LogP contribution in [0.2, 0.25) is 12.6 Å². The SMILES string of the molecule is C=C[Si](CCCN)(O[SiH2]C)c1ccccc1. The lowest BCUT2D eigenvalue weighted by atomic mass is 10.4. The Kier molecular flexibility index (Phi) is 5.69. The van der Waals surface area contributed by atoms with Crippen LogP contribution in [0.25, 0.3) is 0 Å². The van der Waals surface area contributed by atoms with Crippen molar-refractivity contribution in [2.45, 2.75) is 19.0 Å². The first-order chi connectivity index (χ1) is 7.79. The zero-order valence-electron chi connectivity index (χ0n) is 9.99. The Morgan fingerprint density at radius 3 is 2.62 bits per heavy atom. The van der Waals surface area contributed by atoms with E-state index in [1.165, 1.54) is 5.19 Å². The van der Waals surface area contributed by atoms with E-state index in [0.29, 0.717) is 0 Å². The number of benzene rings is 1. The topological polar surface area (TPSA) is 35.2 Å². The van der Waals surface area contributed by atoms with Gasteiger partial charge in [0.15, 0.2) is 0 Å². The Morgan fingerprint density at radius 2 is 2.12 bits per heavy atom. The molecule has 0 amide bonds. The summed E-state index contributed by atoms with van der Waals surface area (Å²) in [4.78, 5) is 0. The molecule has 16 heavy (non-hydrogen) atoms. The number of rotatable bonds is 7. The van der Waals surface area contributed by atoms with Gasteiger partial charge < -0.3 is 9.85 Å². The van der Waals surface area contributed by atoms with E-state index in [1.807, 2.05) is 6.07 Å². The highest BCUT2D eigenvalue weighted by Gasteiger charge is 2.32. The normalized spacial score (nSPS) is 15.1. The summed E-state index contributed by atoms with van der Waals surface area (Å²) in [6.07, 6.45) is 1.02. The standard InChI is InChI=1S/C12H21NOSi2/c1-3-16(14-15-2,11-7-10-13)12-8-5-4-6-9-12/h3-6,8-9H,1,7,10-11,13,15H2,2H3. The maximum atomic E-state index is 6.17. The van der Waals surface area contributed by atoms with E-state index in [0.717, 1.165) is 19.0 Å². The number of nitrogens with two attached hydrogens (primary N) is 1. The molecule has 0 radical (unpaired) electrons. The van der Waals surface area contributed by atoms with Crippen LogP contribution in [0, 0.1) is 0 Å². The second kappa shape index (κ2) is 6.80. The molecule has 0 saturated carbocycles. The maximum absolute atomic E-state index is 6.17. The first-order valence-electron chi connectivity index (χ1n) is 5.82. The van der Waals surface area contributed by atoms with Crippen molar-refractivity contribution in [3.8, 4) is 0 Å². The molecule has 1 rings (SSSR count). The van der Waals surface area contributed by atoms with Crippen LogP contribution in [0.3, 0.4) is 0 Å². The highest BCUT2D eigenvalue weighted by molar-refractivity contribution is 6.93. The van der Waals surface area contributed by atoms with Crippen molar-refractivity contribution in [2.24, 2.45) is 5.73 Å². The Hall–Kier alpha value is -0.686. The Morgan fingerprint density at radius 1 is 1.44 bits per heavy atom. The van der Waals surface area contributed by atoms with Crippen LogP contribution in [-0.4, -0.2) is 24.6 Å². The Labute approximate surface area is 102 Å². The van der Waals surface area contributed by atoms with Gasteiger partial charge in [0.2, 0.25) is 8.32 Å². The summed E-state index contributed by atoms with van der Waals surface area (Å²) in [7, 11) is -2.34. The average Bonchev–Trinajstić information content (AvgIpc) is 2.36. The summed E-state index contributed by atoms with van der Waals surface area (Å²) in [5.41, 5.74) is 7.67. The van der Waals surface area contributed by atoms with Gasteiger partial charge in [-0.1, -0.05) is 42.6 Å². The molecule has 1 aromatic carbocycles. The lowest BCUT2D eigenvalue weighted by molar-refractivity contribution is 0.600. The summed E-state index contributed by atoms with van der Waals surface area (Å²) < 4.78 is 6.17. The van der Waals surface area contributed by atoms with Gasteiger partial charge in [-0.25, -0.2) is 0 Å². The van der Waals surface area contributed by atoms with Crippen LogP contribution in [0.4, 0.5) is 0 Å². The third kappa shape index (κ3) is 3.15. The van der Waals surface area contributed by atoms with Crippen LogP contribution in [0.15, 0.2) is 42.6 Å². The summed E-state index contributed by atoms with van der Waals surface area (Å²) >= 11 is 0. The minimum atomic E-state index is -1.92. The monoisotopic (exact) mass is 251 g/mol. The van der Waals surface area contributed by atoms with Crippen LogP contribution in [0.1, 0.15) is 6.42 Å². The zero-order valence-corrected chi connectivity index (χ0v) is 12.4. The van der Waals surface area contributed by atoms with Gasteiger partial charge >= 0.3 is 0 Å². The van der Waals surface area contributed by atoms with Gasteiger partial charge in [0, 0.05) is 0 Å². The second-order valence-electron chi connectivity index (χ2n) is 3.78. The maximum Gasteiger partial charge on any atom is 0.236 e. The lowest BCUT2D eigenvalue weighted by Crippen LogP contribution is -2.50. The molecule has 0 aliphatic rings. The first kappa shape index (κ1) is 13.4. The largest absolute Gasteiger partial charge is 0.455 e. The molecule has 2 nitrogen and oxygen atoms in total. The van der Waals surface area contributed by atoms with Crippen LogP contribution >= 0.6 is 0 Å². The molecule has 1 atom stereocenters. The number of hydrogen-bond acceptors (Lipinski definition) is 2. The van der Waals surface area contributed by atoms with Gasteiger partial charge in [-0.3, -0.25) is 0 Å². The van der Waals surface area contributed by atoms with Gasteiger partial charge in [-0.15, -0.1) is 6.58 Å². The minimum absolute atomic E-state index is 0.423. The Balaban J connectivity index is 2.96. The highest BCUT2D eigenvalue weighted by atomic mass is 28.4. The van der Waals surface area contributed by atoms with Crippen molar-refractivity contribution in [3.63, 3.8) is 0 Å². The van der Waals surface area contributed by atoms with Crippen molar-refractivity contribution >= 4 is 23.3 Å². The van der Waals surface area contributed by atoms with E-state index < -0.39 is 18.1 Å². The molecule has 0 bridgehead atoms.